The number of methoxy groups -OCH3 is 1. The van der Waals surface area contributed by atoms with Gasteiger partial charge in [0.25, 0.3) is 10.0 Å². The number of aryl methyl sites for hydroxylation is 1. The monoisotopic (exact) mass is 366 g/mol. The molecule has 0 fully saturated rings. The van der Waals surface area contributed by atoms with E-state index < -0.39 is 22.6 Å². The molecular formula is C16H18N2O6S. The first kappa shape index (κ1) is 18.5. The number of anilines is 1. The highest BCUT2D eigenvalue weighted by atomic mass is 32.2. The van der Waals surface area contributed by atoms with Crippen LogP contribution in [0.3, 0.4) is 0 Å². The lowest BCUT2D eigenvalue weighted by Crippen LogP contribution is -2.17. The Kier molecular flexibility index (Phi) is 5.48. The summed E-state index contributed by atoms with van der Waals surface area (Å²) in [5, 5.41) is 8.76. The first-order chi connectivity index (χ1) is 11.8. The lowest BCUT2D eigenvalue weighted by atomic mass is 10.1. The van der Waals surface area contributed by atoms with Crippen molar-refractivity contribution in [2.75, 3.05) is 18.4 Å². The van der Waals surface area contributed by atoms with Gasteiger partial charge in [-0.15, -0.1) is 0 Å². The van der Waals surface area contributed by atoms with Crippen molar-refractivity contribution in [3.05, 3.63) is 41.6 Å². The number of ether oxygens (including phenoxy) is 2. The second kappa shape index (κ2) is 7.39. The number of nitrogens with zero attached hydrogens (tertiary/aromatic N) is 1. The third-order valence-corrected chi connectivity index (χ3v) is 4.90. The SMILES string of the molecule is COc1ncccc1NS(=O)(=O)c1ccc(C)c(OCC(=O)O)c1C. The van der Waals surface area contributed by atoms with Crippen molar-refractivity contribution in [3.63, 3.8) is 0 Å². The van der Waals surface area contributed by atoms with Gasteiger partial charge in [0.05, 0.1) is 12.0 Å². The maximum absolute atomic E-state index is 12.7. The first-order valence-corrected chi connectivity index (χ1v) is 8.71. The molecular weight excluding hydrogens is 348 g/mol. The van der Waals surface area contributed by atoms with Crippen LogP contribution >= 0.6 is 0 Å². The third-order valence-electron chi connectivity index (χ3n) is 3.39. The summed E-state index contributed by atoms with van der Waals surface area (Å²) in [5.74, 6) is -0.785. The Balaban J connectivity index is 2.42. The van der Waals surface area contributed by atoms with Crippen LogP contribution in [0.1, 0.15) is 11.1 Å². The van der Waals surface area contributed by atoms with Gasteiger partial charge in [-0.25, -0.2) is 18.2 Å². The Morgan fingerprint density at radius 1 is 1.28 bits per heavy atom. The molecule has 9 heteroatoms. The first-order valence-electron chi connectivity index (χ1n) is 7.23. The molecule has 2 N–H and O–H groups in total. The van der Waals surface area contributed by atoms with Crippen LogP contribution in [0.4, 0.5) is 5.69 Å². The van der Waals surface area contributed by atoms with Crippen LogP contribution in [-0.4, -0.2) is 38.2 Å². The molecule has 1 aromatic carbocycles. The van der Waals surface area contributed by atoms with Gasteiger partial charge in [0.1, 0.15) is 11.4 Å². The van der Waals surface area contributed by atoms with E-state index in [1.807, 2.05) is 0 Å². The standard InChI is InChI=1S/C16H18N2O6S/c1-10-6-7-13(11(2)15(10)24-9-14(19)20)25(21,22)18-12-5-4-8-17-16(12)23-3/h4-8,18H,9H2,1-3H3,(H,19,20). The maximum Gasteiger partial charge on any atom is 0.341 e. The van der Waals surface area contributed by atoms with Crippen molar-refractivity contribution in [3.8, 4) is 11.6 Å². The van der Waals surface area contributed by atoms with E-state index in [1.165, 1.54) is 25.4 Å². The predicted molar refractivity (Wildman–Crippen MR) is 90.6 cm³/mol. The minimum Gasteiger partial charge on any atom is -0.481 e. The lowest BCUT2D eigenvalue weighted by molar-refractivity contribution is -0.139. The molecule has 0 saturated carbocycles. The number of carboxylic acids is 1. The van der Waals surface area contributed by atoms with Gasteiger partial charge in [-0.3, -0.25) is 4.72 Å². The molecule has 0 bridgehead atoms. The summed E-state index contributed by atoms with van der Waals surface area (Å²) in [4.78, 5) is 14.6. The molecule has 0 aliphatic rings. The second-order valence-corrected chi connectivity index (χ2v) is 6.83. The van der Waals surface area contributed by atoms with E-state index in [0.29, 0.717) is 11.1 Å². The van der Waals surface area contributed by atoms with E-state index in [1.54, 1.807) is 26.0 Å². The molecule has 0 saturated heterocycles. The van der Waals surface area contributed by atoms with Gasteiger partial charge >= 0.3 is 5.97 Å². The number of carbonyl (C=O) groups is 1. The summed E-state index contributed by atoms with van der Waals surface area (Å²) in [5.41, 5.74) is 1.14. The Hall–Kier alpha value is -2.81. The van der Waals surface area contributed by atoms with Gasteiger partial charge in [0.15, 0.2) is 6.61 Å². The Morgan fingerprint density at radius 3 is 2.64 bits per heavy atom. The van der Waals surface area contributed by atoms with Gasteiger partial charge in [-0.2, -0.15) is 0 Å². The highest BCUT2D eigenvalue weighted by Crippen LogP contribution is 2.31. The lowest BCUT2D eigenvalue weighted by Gasteiger charge is -2.16. The number of rotatable bonds is 7. The summed E-state index contributed by atoms with van der Waals surface area (Å²) in [6.45, 7) is 2.70. The van der Waals surface area contributed by atoms with Crippen molar-refractivity contribution >= 4 is 21.7 Å². The van der Waals surface area contributed by atoms with E-state index in [2.05, 4.69) is 9.71 Å². The number of hydrogen-bond donors (Lipinski definition) is 2. The number of carboxylic acid groups (broad SMARTS) is 1. The van der Waals surface area contributed by atoms with Crippen molar-refractivity contribution < 1.29 is 27.8 Å². The van der Waals surface area contributed by atoms with Crippen LogP contribution in [0.15, 0.2) is 35.4 Å². The molecule has 0 unspecified atom stereocenters. The van der Waals surface area contributed by atoms with Crippen LogP contribution < -0.4 is 14.2 Å². The van der Waals surface area contributed by atoms with Crippen LogP contribution in [0, 0.1) is 13.8 Å². The van der Waals surface area contributed by atoms with Crippen molar-refractivity contribution in [1.29, 1.82) is 0 Å². The van der Waals surface area contributed by atoms with Crippen LogP contribution in [0.25, 0.3) is 0 Å². The molecule has 0 aliphatic heterocycles. The molecule has 0 amide bonds. The van der Waals surface area contributed by atoms with E-state index in [4.69, 9.17) is 14.6 Å². The van der Waals surface area contributed by atoms with E-state index in [0.717, 1.165) is 0 Å². The zero-order valence-electron chi connectivity index (χ0n) is 13.9. The van der Waals surface area contributed by atoms with Gasteiger partial charge in [-0.05, 0) is 37.6 Å². The van der Waals surface area contributed by atoms with E-state index in [9.17, 15) is 13.2 Å². The minimum absolute atomic E-state index is 0.0237. The largest absolute Gasteiger partial charge is 0.481 e. The van der Waals surface area contributed by atoms with E-state index in [-0.39, 0.29) is 22.2 Å². The summed E-state index contributed by atoms with van der Waals surface area (Å²) >= 11 is 0. The Morgan fingerprint density at radius 2 is 2.00 bits per heavy atom. The summed E-state index contributed by atoms with van der Waals surface area (Å²) in [7, 11) is -2.57. The molecule has 1 heterocycles. The fraction of sp³-hybridized carbons (Fsp3) is 0.250. The number of hydrogen-bond acceptors (Lipinski definition) is 6. The zero-order chi connectivity index (χ0) is 18.6. The molecule has 0 spiro atoms. The molecule has 1 aromatic heterocycles. The van der Waals surface area contributed by atoms with Gasteiger partial charge in [-0.1, -0.05) is 6.07 Å². The smallest absolute Gasteiger partial charge is 0.341 e. The average Bonchev–Trinajstić information content (AvgIpc) is 2.54. The zero-order valence-corrected chi connectivity index (χ0v) is 14.8. The highest BCUT2D eigenvalue weighted by Gasteiger charge is 2.22. The minimum atomic E-state index is -3.95. The summed E-state index contributed by atoms with van der Waals surface area (Å²) in [6.07, 6.45) is 1.48. The molecule has 2 rings (SSSR count). The maximum atomic E-state index is 12.7. The number of benzene rings is 1. The van der Waals surface area contributed by atoms with Crippen LogP contribution in [0.5, 0.6) is 11.6 Å². The Bertz CT molecular complexity index is 895. The highest BCUT2D eigenvalue weighted by molar-refractivity contribution is 7.92. The van der Waals surface area contributed by atoms with Gasteiger partial charge < -0.3 is 14.6 Å². The number of pyridine rings is 1. The molecule has 8 nitrogen and oxygen atoms in total. The molecule has 134 valence electrons. The molecule has 0 aliphatic carbocycles. The molecule has 0 radical (unpaired) electrons. The van der Waals surface area contributed by atoms with Crippen molar-refractivity contribution in [2.24, 2.45) is 0 Å². The van der Waals surface area contributed by atoms with Gasteiger partial charge in [0.2, 0.25) is 5.88 Å². The summed E-state index contributed by atoms with van der Waals surface area (Å²) in [6, 6.07) is 6.08. The van der Waals surface area contributed by atoms with Crippen molar-refractivity contribution in [1.82, 2.24) is 4.98 Å². The molecule has 0 atom stereocenters. The van der Waals surface area contributed by atoms with Crippen LogP contribution in [0.2, 0.25) is 0 Å². The van der Waals surface area contributed by atoms with Crippen LogP contribution in [-0.2, 0) is 14.8 Å². The molecule has 25 heavy (non-hydrogen) atoms. The summed E-state index contributed by atoms with van der Waals surface area (Å²) < 4.78 is 38.1. The van der Waals surface area contributed by atoms with Crippen molar-refractivity contribution in [2.45, 2.75) is 18.7 Å². The molecule has 2 aromatic rings. The number of sulfonamides is 1. The fourth-order valence-corrected chi connectivity index (χ4v) is 3.58. The predicted octanol–water partition coefficient (Wildman–Crippen LogP) is 1.97. The second-order valence-electron chi connectivity index (χ2n) is 5.18. The normalized spacial score (nSPS) is 11.0. The topological polar surface area (TPSA) is 115 Å². The average molecular weight is 366 g/mol. The Labute approximate surface area is 145 Å². The quantitative estimate of drug-likeness (QED) is 0.770. The third kappa shape index (κ3) is 4.18. The van der Waals surface area contributed by atoms with Gasteiger partial charge in [0, 0.05) is 11.8 Å². The van der Waals surface area contributed by atoms with E-state index >= 15 is 0 Å². The number of aliphatic carboxylic acids is 1. The number of nitrogens with one attached hydrogen (secondary N) is 1. The number of aromatic nitrogens is 1. The fourth-order valence-electron chi connectivity index (χ4n) is 2.29.